The van der Waals surface area contributed by atoms with Gasteiger partial charge in [-0.3, -0.25) is 10.1 Å². The molecule has 5 nitrogen and oxygen atoms in total. The summed E-state index contributed by atoms with van der Waals surface area (Å²) in [5.74, 6) is 0.341. The molecule has 2 N–H and O–H groups in total. The second-order valence-electron chi connectivity index (χ2n) is 5.56. The van der Waals surface area contributed by atoms with E-state index in [9.17, 15) is 9.18 Å². The first kappa shape index (κ1) is 16.9. The van der Waals surface area contributed by atoms with Gasteiger partial charge in [-0.1, -0.05) is 42.5 Å². The van der Waals surface area contributed by atoms with Crippen LogP contribution in [0.2, 0.25) is 0 Å². The van der Waals surface area contributed by atoms with Crippen LogP contribution in [0.4, 0.5) is 10.1 Å². The zero-order valence-electron chi connectivity index (χ0n) is 13.7. The molecule has 0 fully saturated rings. The third-order valence-corrected chi connectivity index (χ3v) is 3.67. The van der Waals surface area contributed by atoms with E-state index in [2.05, 4.69) is 15.6 Å². The van der Waals surface area contributed by atoms with E-state index < -0.39 is 5.82 Å². The van der Waals surface area contributed by atoms with Crippen LogP contribution < -0.4 is 10.6 Å². The number of aromatic nitrogens is 1. The van der Waals surface area contributed by atoms with Gasteiger partial charge in [0, 0.05) is 5.56 Å². The molecule has 0 aliphatic carbocycles. The lowest BCUT2D eigenvalue weighted by Gasteiger charge is -2.11. The Kier molecular flexibility index (Phi) is 5.20. The van der Waals surface area contributed by atoms with Gasteiger partial charge in [-0.05, 0) is 19.1 Å². The van der Waals surface area contributed by atoms with E-state index in [1.807, 2.05) is 37.3 Å². The van der Waals surface area contributed by atoms with Gasteiger partial charge in [0.2, 0.25) is 11.8 Å². The average Bonchev–Trinajstić information content (AvgIpc) is 3.13. The molecule has 2 aromatic carbocycles. The average molecular weight is 339 g/mol. The highest BCUT2D eigenvalue weighted by atomic mass is 19.1. The summed E-state index contributed by atoms with van der Waals surface area (Å²) < 4.78 is 19.3. The van der Waals surface area contributed by atoms with Gasteiger partial charge in [-0.2, -0.15) is 0 Å². The molecular weight excluding hydrogens is 321 g/mol. The summed E-state index contributed by atoms with van der Waals surface area (Å²) in [7, 11) is 0. The predicted octanol–water partition coefficient (Wildman–Crippen LogP) is 3.77. The molecule has 0 saturated carbocycles. The minimum absolute atomic E-state index is 0.0125. The Morgan fingerprint density at radius 3 is 2.64 bits per heavy atom. The first-order valence-corrected chi connectivity index (χ1v) is 7.92. The topological polar surface area (TPSA) is 67.2 Å². The Hall–Kier alpha value is -2.99. The van der Waals surface area contributed by atoms with Crippen molar-refractivity contribution in [3.63, 3.8) is 0 Å². The van der Waals surface area contributed by atoms with Gasteiger partial charge in [0.05, 0.1) is 24.5 Å². The van der Waals surface area contributed by atoms with Crippen molar-refractivity contribution in [3.05, 3.63) is 72.5 Å². The number of carbonyl (C=O) groups excluding carboxylic acids is 1. The van der Waals surface area contributed by atoms with E-state index in [4.69, 9.17) is 4.42 Å². The SMILES string of the molecule is CC(NCC(=O)Nc1ccccc1F)c1ncc(-c2ccccc2)o1. The Labute approximate surface area is 144 Å². The van der Waals surface area contributed by atoms with Crippen molar-refractivity contribution in [3.8, 4) is 11.3 Å². The number of oxazole rings is 1. The highest BCUT2D eigenvalue weighted by Crippen LogP contribution is 2.22. The van der Waals surface area contributed by atoms with Gasteiger partial charge in [0.15, 0.2) is 5.76 Å². The Balaban J connectivity index is 1.56. The highest BCUT2D eigenvalue weighted by Gasteiger charge is 2.15. The van der Waals surface area contributed by atoms with Crippen LogP contribution in [0.15, 0.2) is 65.2 Å². The zero-order valence-corrected chi connectivity index (χ0v) is 13.7. The first-order valence-electron chi connectivity index (χ1n) is 7.92. The number of rotatable bonds is 6. The molecule has 1 atom stereocenters. The summed E-state index contributed by atoms with van der Waals surface area (Å²) in [5, 5.41) is 5.53. The number of para-hydroxylation sites is 1. The molecule has 1 unspecified atom stereocenters. The largest absolute Gasteiger partial charge is 0.439 e. The molecule has 0 spiro atoms. The minimum Gasteiger partial charge on any atom is -0.439 e. The highest BCUT2D eigenvalue weighted by molar-refractivity contribution is 5.92. The van der Waals surface area contributed by atoms with Crippen molar-refractivity contribution in [2.75, 3.05) is 11.9 Å². The van der Waals surface area contributed by atoms with Crippen LogP contribution in [0.5, 0.6) is 0 Å². The minimum atomic E-state index is -0.468. The van der Waals surface area contributed by atoms with Crippen LogP contribution in [0, 0.1) is 5.82 Å². The Morgan fingerprint density at radius 2 is 1.88 bits per heavy atom. The summed E-state index contributed by atoms with van der Waals surface area (Å²) in [6, 6.07) is 15.4. The van der Waals surface area contributed by atoms with Crippen LogP contribution in [0.25, 0.3) is 11.3 Å². The van der Waals surface area contributed by atoms with Gasteiger partial charge in [0.25, 0.3) is 0 Å². The molecule has 1 aromatic heterocycles. The van der Waals surface area contributed by atoms with Crippen molar-refractivity contribution >= 4 is 11.6 Å². The normalized spacial score (nSPS) is 11.9. The number of hydrogen-bond donors (Lipinski definition) is 2. The van der Waals surface area contributed by atoms with Crippen LogP contribution >= 0.6 is 0 Å². The number of anilines is 1. The summed E-state index contributed by atoms with van der Waals surface area (Å²) in [5.41, 5.74) is 1.09. The van der Waals surface area contributed by atoms with Gasteiger partial charge < -0.3 is 9.73 Å². The van der Waals surface area contributed by atoms with E-state index in [1.54, 1.807) is 18.3 Å². The number of benzene rings is 2. The lowest BCUT2D eigenvalue weighted by atomic mass is 10.2. The molecule has 0 aliphatic heterocycles. The van der Waals surface area contributed by atoms with Gasteiger partial charge in [0.1, 0.15) is 5.82 Å². The van der Waals surface area contributed by atoms with Gasteiger partial charge >= 0.3 is 0 Å². The standard InChI is InChI=1S/C19H18FN3O2/c1-13(19-22-11-17(25-19)14-7-3-2-4-8-14)21-12-18(24)23-16-10-6-5-9-15(16)20/h2-11,13,21H,12H2,1H3,(H,23,24). The molecule has 0 aliphatic rings. The molecule has 25 heavy (non-hydrogen) atoms. The van der Waals surface area contributed by atoms with E-state index in [-0.39, 0.29) is 24.2 Å². The van der Waals surface area contributed by atoms with Crippen molar-refractivity contribution in [2.24, 2.45) is 0 Å². The molecule has 6 heteroatoms. The lowest BCUT2D eigenvalue weighted by molar-refractivity contribution is -0.115. The van der Waals surface area contributed by atoms with Crippen LogP contribution in [-0.4, -0.2) is 17.4 Å². The molecular formula is C19H18FN3O2. The van der Waals surface area contributed by atoms with Crippen LogP contribution in [0.3, 0.4) is 0 Å². The van der Waals surface area contributed by atoms with E-state index in [1.165, 1.54) is 12.1 Å². The number of halogens is 1. The fourth-order valence-electron chi connectivity index (χ4n) is 2.31. The molecule has 0 radical (unpaired) electrons. The van der Waals surface area contributed by atoms with Crippen molar-refractivity contribution < 1.29 is 13.6 Å². The summed E-state index contributed by atoms with van der Waals surface area (Å²) in [4.78, 5) is 16.2. The first-order chi connectivity index (χ1) is 12.1. The Morgan fingerprint density at radius 1 is 1.16 bits per heavy atom. The van der Waals surface area contributed by atoms with Crippen LogP contribution in [-0.2, 0) is 4.79 Å². The van der Waals surface area contributed by atoms with E-state index >= 15 is 0 Å². The third kappa shape index (κ3) is 4.30. The maximum Gasteiger partial charge on any atom is 0.238 e. The smallest absolute Gasteiger partial charge is 0.238 e. The summed E-state index contributed by atoms with van der Waals surface area (Å²) in [6.45, 7) is 1.86. The van der Waals surface area contributed by atoms with E-state index in [0.717, 1.165) is 5.56 Å². The molecule has 1 amide bonds. The second kappa shape index (κ2) is 7.72. The third-order valence-electron chi connectivity index (χ3n) is 3.67. The van der Waals surface area contributed by atoms with Gasteiger partial charge in [-0.15, -0.1) is 0 Å². The number of nitrogens with one attached hydrogen (secondary N) is 2. The number of amides is 1. The predicted molar refractivity (Wildman–Crippen MR) is 93.4 cm³/mol. The van der Waals surface area contributed by atoms with Crippen molar-refractivity contribution in [1.82, 2.24) is 10.3 Å². The van der Waals surface area contributed by atoms with Crippen LogP contribution in [0.1, 0.15) is 18.9 Å². The lowest BCUT2D eigenvalue weighted by Crippen LogP contribution is -2.30. The molecule has 3 aromatic rings. The molecule has 3 rings (SSSR count). The Bertz CT molecular complexity index is 849. The maximum atomic E-state index is 13.5. The zero-order chi connectivity index (χ0) is 17.6. The van der Waals surface area contributed by atoms with E-state index in [0.29, 0.717) is 11.7 Å². The number of carbonyl (C=O) groups is 1. The molecule has 0 saturated heterocycles. The molecule has 0 bridgehead atoms. The quantitative estimate of drug-likeness (QED) is 0.717. The molecule has 128 valence electrons. The fourth-order valence-corrected chi connectivity index (χ4v) is 2.31. The van der Waals surface area contributed by atoms with Crippen molar-refractivity contribution in [2.45, 2.75) is 13.0 Å². The molecule has 1 heterocycles. The maximum absolute atomic E-state index is 13.5. The monoisotopic (exact) mass is 339 g/mol. The summed E-state index contributed by atoms with van der Waals surface area (Å²) in [6.07, 6.45) is 1.66. The number of nitrogens with zero attached hydrogens (tertiary/aromatic N) is 1. The van der Waals surface area contributed by atoms with Crippen molar-refractivity contribution in [1.29, 1.82) is 0 Å². The second-order valence-corrected chi connectivity index (χ2v) is 5.56. The number of hydrogen-bond acceptors (Lipinski definition) is 4. The fraction of sp³-hybridized carbons (Fsp3) is 0.158. The van der Waals surface area contributed by atoms with Gasteiger partial charge in [-0.25, -0.2) is 9.37 Å². The summed E-state index contributed by atoms with van der Waals surface area (Å²) >= 11 is 0.